The highest BCUT2D eigenvalue weighted by atomic mass is 32.2. The van der Waals surface area contributed by atoms with E-state index in [1.807, 2.05) is 6.92 Å². The van der Waals surface area contributed by atoms with Gasteiger partial charge in [-0.15, -0.1) is 36.3 Å². The van der Waals surface area contributed by atoms with Crippen molar-refractivity contribution in [3.05, 3.63) is 46.3 Å². The molecule has 162 valence electrons. The second-order valence-electron chi connectivity index (χ2n) is 6.04. The minimum atomic E-state index is -4.83. The summed E-state index contributed by atoms with van der Waals surface area (Å²) in [5.74, 6) is -2.71. The maximum absolute atomic E-state index is 12.9. The van der Waals surface area contributed by atoms with Crippen LogP contribution in [-0.4, -0.2) is 40.6 Å². The molecule has 0 bridgehead atoms. The fourth-order valence-electron chi connectivity index (χ4n) is 2.43. The van der Waals surface area contributed by atoms with Gasteiger partial charge in [0.15, 0.2) is 5.78 Å². The Hall–Kier alpha value is -2.53. The molecule has 1 amide bonds. The van der Waals surface area contributed by atoms with Gasteiger partial charge in [0.25, 0.3) is 0 Å². The molecule has 0 fully saturated rings. The third-order valence-corrected chi connectivity index (χ3v) is 5.61. The molecule has 1 heterocycles. The third kappa shape index (κ3) is 7.38. The topological polar surface area (TPSA) is 92.7 Å². The highest BCUT2D eigenvalue weighted by Crippen LogP contribution is 2.32. The maximum atomic E-state index is 12.9. The lowest BCUT2D eigenvalue weighted by molar-refractivity contribution is -0.274. The number of carboxylic acids is 1. The van der Waals surface area contributed by atoms with Crippen LogP contribution in [0.5, 0.6) is 5.75 Å². The summed E-state index contributed by atoms with van der Waals surface area (Å²) in [6, 6.07) is 6.17. The van der Waals surface area contributed by atoms with Gasteiger partial charge in [-0.05, 0) is 36.8 Å². The lowest BCUT2D eigenvalue weighted by Crippen LogP contribution is -2.17. The van der Waals surface area contributed by atoms with Gasteiger partial charge in [-0.1, -0.05) is 13.3 Å². The molecule has 6 nitrogen and oxygen atoms in total. The van der Waals surface area contributed by atoms with Crippen LogP contribution in [0.4, 0.5) is 18.2 Å². The van der Waals surface area contributed by atoms with E-state index >= 15 is 0 Å². The zero-order chi connectivity index (χ0) is 22.3. The number of ether oxygens (including phenoxy) is 1. The Morgan fingerprint density at radius 1 is 1.17 bits per heavy atom. The van der Waals surface area contributed by atoms with Crippen molar-refractivity contribution in [3.8, 4) is 5.75 Å². The van der Waals surface area contributed by atoms with Gasteiger partial charge >= 0.3 is 12.3 Å². The number of ketones is 1. The van der Waals surface area contributed by atoms with E-state index in [0.29, 0.717) is 11.4 Å². The standard InChI is InChI=1S/C19H18F3NO5S2/c1-2-3-13-8-14(18(30-13)23-15(24)9-29-10-16(25)26)17(27)11-4-6-12(7-5-11)28-19(20,21)22/h4-8H,2-3,9-10H2,1H3,(H,23,24)(H,25,26). The van der Waals surface area contributed by atoms with Crippen LogP contribution in [0.25, 0.3) is 0 Å². The summed E-state index contributed by atoms with van der Waals surface area (Å²) in [7, 11) is 0. The highest BCUT2D eigenvalue weighted by molar-refractivity contribution is 8.00. The van der Waals surface area contributed by atoms with Gasteiger partial charge in [0, 0.05) is 10.4 Å². The first kappa shape index (κ1) is 23.7. The SMILES string of the molecule is CCCc1cc(C(=O)c2ccc(OC(F)(F)F)cc2)c(NC(=O)CSCC(=O)O)s1. The third-order valence-electron chi connectivity index (χ3n) is 3.59. The minimum Gasteiger partial charge on any atom is -0.481 e. The van der Waals surface area contributed by atoms with Gasteiger partial charge in [0.1, 0.15) is 10.8 Å². The van der Waals surface area contributed by atoms with Crippen molar-refractivity contribution in [2.75, 3.05) is 16.8 Å². The molecule has 0 aliphatic heterocycles. The summed E-state index contributed by atoms with van der Waals surface area (Å²) in [4.78, 5) is 36.4. The summed E-state index contributed by atoms with van der Waals surface area (Å²) in [5, 5.41) is 11.6. The lowest BCUT2D eigenvalue weighted by Gasteiger charge is -2.09. The number of hydrogen-bond donors (Lipinski definition) is 2. The Labute approximate surface area is 178 Å². The molecule has 0 radical (unpaired) electrons. The molecule has 30 heavy (non-hydrogen) atoms. The van der Waals surface area contributed by atoms with Crippen molar-refractivity contribution in [1.29, 1.82) is 0 Å². The molecule has 0 spiro atoms. The number of carbonyl (C=O) groups is 3. The van der Waals surface area contributed by atoms with Crippen LogP contribution in [0.15, 0.2) is 30.3 Å². The Kier molecular flexibility index (Phi) is 8.30. The van der Waals surface area contributed by atoms with Gasteiger partial charge < -0.3 is 15.2 Å². The number of thioether (sulfide) groups is 1. The largest absolute Gasteiger partial charge is 0.573 e. The first-order valence-corrected chi connectivity index (χ1v) is 10.7. The molecular weight excluding hydrogens is 443 g/mol. The van der Waals surface area contributed by atoms with E-state index in [1.54, 1.807) is 6.07 Å². The second kappa shape index (κ2) is 10.5. The molecule has 2 rings (SSSR count). The van der Waals surface area contributed by atoms with E-state index in [4.69, 9.17) is 5.11 Å². The normalized spacial score (nSPS) is 11.2. The van der Waals surface area contributed by atoms with E-state index < -0.39 is 29.8 Å². The molecular formula is C19H18F3NO5S2. The Morgan fingerprint density at radius 2 is 1.83 bits per heavy atom. The fourth-order valence-corrected chi connectivity index (χ4v) is 4.14. The number of thiophene rings is 1. The van der Waals surface area contributed by atoms with Gasteiger partial charge in [0.05, 0.1) is 17.1 Å². The van der Waals surface area contributed by atoms with Crippen molar-refractivity contribution < 1.29 is 37.4 Å². The molecule has 0 atom stereocenters. The average molecular weight is 461 g/mol. The molecule has 11 heteroatoms. The number of halogens is 3. The molecule has 0 aliphatic rings. The number of nitrogens with one attached hydrogen (secondary N) is 1. The molecule has 2 aromatic rings. The van der Waals surface area contributed by atoms with Crippen LogP contribution in [0, 0.1) is 0 Å². The zero-order valence-corrected chi connectivity index (χ0v) is 17.4. The summed E-state index contributed by atoms with van der Waals surface area (Å²) >= 11 is 2.16. The monoisotopic (exact) mass is 461 g/mol. The number of alkyl halides is 3. The molecule has 0 unspecified atom stereocenters. The van der Waals surface area contributed by atoms with Gasteiger partial charge in [-0.2, -0.15) is 0 Å². The number of aliphatic carboxylic acids is 1. The van der Waals surface area contributed by atoms with Crippen molar-refractivity contribution in [1.82, 2.24) is 0 Å². The number of carbonyl (C=O) groups excluding carboxylic acids is 2. The predicted octanol–water partition coefficient (Wildman–Crippen LogP) is 4.59. The van der Waals surface area contributed by atoms with Crippen LogP contribution in [-0.2, 0) is 16.0 Å². The quantitative estimate of drug-likeness (QED) is 0.503. The number of benzene rings is 1. The number of amides is 1. The highest BCUT2D eigenvalue weighted by Gasteiger charge is 2.31. The molecule has 1 aromatic heterocycles. The lowest BCUT2D eigenvalue weighted by atomic mass is 10.0. The Morgan fingerprint density at radius 3 is 2.40 bits per heavy atom. The number of hydrogen-bond acceptors (Lipinski definition) is 6. The number of anilines is 1. The minimum absolute atomic E-state index is 0.0928. The smallest absolute Gasteiger partial charge is 0.481 e. The Bertz CT molecular complexity index is 910. The molecule has 0 aliphatic carbocycles. The first-order chi connectivity index (χ1) is 14.1. The Balaban J connectivity index is 2.19. The molecule has 0 saturated carbocycles. The van der Waals surface area contributed by atoms with E-state index in [2.05, 4.69) is 10.1 Å². The fraction of sp³-hybridized carbons (Fsp3) is 0.316. The van der Waals surface area contributed by atoms with E-state index in [-0.39, 0.29) is 22.6 Å². The van der Waals surface area contributed by atoms with Gasteiger partial charge in [0.2, 0.25) is 5.91 Å². The maximum Gasteiger partial charge on any atom is 0.573 e. The van der Waals surface area contributed by atoms with Crippen molar-refractivity contribution in [2.45, 2.75) is 26.1 Å². The summed E-state index contributed by atoms with van der Waals surface area (Å²) in [6.45, 7) is 1.96. The van der Waals surface area contributed by atoms with E-state index in [9.17, 15) is 27.6 Å². The van der Waals surface area contributed by atoms with Gasteiger partial charge in [-0.3, -0.25) is 14.4 Å². The van der Waals surface area contributed by atoms with Crippen LogP contribution < -0.4 is 10.1 Å². The number of rotatable bonds is 10. The molecule has 0 saturated heterocycles. The number of aryl methyl sites for hydroxylation is 1. The van der Waals surface area contributed by atoms with Crippen LogP contribution >= 0.6 is 23.1 Å². The van der Waals surface area contributed by atoms with Crippen molar-refractivity contribution >= 4 is 45.8 Å². The van der Waals surface area contributed by atoms with Crippen LogP contribution in [0.1, 0.15) is 34.1 Å². The van der Waals surface area contributed by atoms with E-state index in [0.717, 1.165) is 35.2 Å². The zero-order valence-electron chi connectivity index (χ0n) is 15.7. The average Bonchev–Trinajstić information content (AvgIpc) is 3.02. The summed E-state index contributed by atoms with van der Waals surface area (Å²) in [6.07, 6.45) is -3.32. The summed E-state index contributed by atoms with van der Waals surface area (Å²) < 4.78 is 40.7. The van der Waals surface area contributed by atoms with Crippen molar-refractivity contribution in [3.63, 3.8) is 0 Å². The van der Waals surface area contributed by atoms with Crippen LogP contribution in [0.3, 0.4) is 0 Å². The first-order valence-electron chi connectivity index (χ1n) is 8.71. The molecule has 2 N–H and O–H groups in total. The van der Waals surface area contributed by atoms with E-state index in [1.165, 1.54) is 23.5 Å². The van der Waals surface area contributed by atoms with Gasteiger partial charge in [-0.25, -0.2) is 0 Å². The second-order valence-corrected chi connectivity index (χ2v) is 8.16. The number of carboxylic acid groups (broad SMARTS) is 1. The summed E-state index contributed by atoms with van der Waals surface area (Å²) in [5.41, 5.74) is 0.366. The molecule has 1 aromatic carbocycles. The van der Waals surface area contributed by atoms with Crippen LogP contribution in [0.2, 0.25) is 0 Å². The predicted molar refractivity (Wildman–Crippen MR) is 108 cm³/mol. The van der Waals surface area contributed by atoms with Crippen molar-refractivity contribution in [2.24, 2.45) is 0 Å².